The molecule has 1 saturated carbocycles. The van der Waals surface area contributed by atoms with Gasteiger partial charge < -0.3 is 9.64 Å². The molecule has 2 aliphatic heterocycles. The number of hydrogen-bond acceptors (Lipinski definition) is 2. The lowest BCUT2D eigenvalue weighted by Gasteiger charge is -2.39. The first kappa shape index (κ1) is 12.5. The summed E-state index contributed by atoms with van der Waals surface area (Å²) in [6.07, 6.45) is 4.35. The zero-order valence-electron chi connectivity index (χ0n) is 11.9. The van der Waals surface area contributed by atoms with Gasteiger partial charge in [0.25, 0.3) is 0 Å². The SMILES string of the molecule is CC1(C)CC2CC(C)(CN2C(=O)CC2COC2)C1. The van der Waals surface area contributed by atoms with Gasteiger partial charge in [-0.2, -0.15) is 0 Å². The van der Waals surface area contributed by atoms with Gasteiger partial charge in [0.2, 0.25) is 5.91 Å². The van der Waals surface area contributed by atoms with Crippen molar-refractivity contribution in [3.05, 3.63) is 0 Å². The summed E-state index contributed by atoms with van der Waals surface area (Å²) in [5, 5.41) is 0. The maximum atomic E-state index is 12.4. The van der Waals surface area contributed by atoms with Gasteiger partial charge in [0, 0.05) is 24.9 Å². The molecule has 2 saturated heterocycles. The summed E-state index contributed by atoms with van der Waals surface area (Å²) in [5.74, 6) is 0.855. The first-order chi connectivity index (χ1) is 8.37. The van der Waals surface area contributed by atoms with Crippen molar-refractivity contribution < 1.29 is 9.53 Å². The van der Waals surface area contributed by atoms with E-state index >= 15 is 0 Å². The first-order valence-electron chi connectivity index (χ1n) is 7.24. The highest BCUT2D eigenvalue weighted by Gasteiger charge is 2.51. The van der Waals surface area contributed by atoms with E-state index < -0.39 is 0 Å². The molecule has 0 spiro atoms. The van der Waals surface area contributed by atoms with Crippen molar-refractivity contribution in [2.24, 2.45) is 16.7 Å². The molecule has 0 aromatic carbocycles. The number of carbonyl (C=O) groups excluding carboxylic acids is 1. The zero-order valence-corrected chi connectivity index (χ0v) is 11.9. The summed E-state index contributed by atoms with van der Waals surface area (Å²) >= 11 is 0. The highest BCUT2D eigenvalue weighted by atomic mass is 16.5. The first-order valence-corrected chi connectivity index (χ1v) is 7.24. The largest absolute Gasteiger partial charge is 0.381 e. The Morgan fingerprint density at radius 3 is 2.61 bits per heavy atom. The van der Waals surface area contributed by atoms with Crippen LogP contribution < -0.4 is 0 Å². The number of ether oxygens (including phenoxy) is 1. The zero-order chi connectivity index (χ0) is 13.0. The quantitative estimate of drug-likeness (QED) is 0.754. The Morgan fingerprint density at radius 2 is 2.00 bits per heavy atom. The van der Waals surface area contributed by atoms with E-state index in [2.05, 4.69) is 25.7 Å². The van der Waals surface area contributed by atoms with Gasteiger partial charge in [0.05, 0.1) is 13.2 Å². The van der Waals surface area contributed by atoms with E-state index in [4.69, 9.17) is 4.74 Å². The minimum atomic E-state index is 0.359. The minimum absolute atomic E-state index is 0.359. The molecule has 2 atom stereocenters. The molecule has 2 unspecified atom stereocenters. The monoisotopic (exact) mass is 251 g/mol. The van der Waals surface area contributed by atoms with Gasteiger partial charge in [-0.1, -0.05) is 20.8 Å². The third-order valence-corrected chi connectivity index (χ3v) is 4.91. The molecule has 1 amide bonds. The molecule has 3 heteroatoms. The third kappa shape index (κ3) is 2.18. The molecule has 3 rings (SSSR count). The standard InChI is InChI=1S/C15H25NO2/c1-14(2)5-12-6-15(3,9-14)10-16(12)13(17)4-11-7-18-8-11/h11-12H,4-10H2,1-3H3. The van der Waals surface area contributed by atoms with Crippen molar-refractivity contribution in [3.8, 4) is 0 Å². The number of rotatable bonds is 2. The summed E-state index contributed by atoms with van der Waals surface area (Å²) < 4.78 is 5.17. The van der Waals surface area contributed by atoms with Crippen LogP contribution in [0.25, 0.3) is 0 Å². The average molecular weight is 251 g/mol. The van der Waals surface area contributed by atoms with Gasteiger partial charge in [-0.05, 0) is 30.1 Å². The van der Waals surface area contributed by atoms with E-state index in [1.54, 1.807) is 0 Å². The van der Waals surface area contributed by atoms with Crippen LogP contribution >= 0.6 is 0 Å². The molecule has 0 radical (unpaired) electrons. The van der Waals surface area contributed by atoms with Crippen LogP contribution in [0, 0.1) is 16.7 Å². The van der Waals surface area contributed by atoms with E-state index in [-0.39, 0.29) is 0 Å². The molecule has 3 nitrogen and oxygen atoms in total. The number of likely N-dealkylation sites (tertiary alicyclic amines) is 1. The number of nitrogens with zero attached hydrogens (tertiary/aromatic N) is 1. The minimum Gasteiger partial charge on any atom is -0.381 e. The maximum Gasteiger partial charge on any atom is 0.223 e. The maximum absolute atomic E-state index is 12.4. The van der Waals surface area contributed by atoms with Crippen molar-refractivity contribution in [2.45, 2.75) is 52.5 Å². The molecule has 0 aromatic rings. The normalized spacial score (nSPS) is 38.6. The van der Waals surface area contributed by atoms with Crippen LogP contribution in [-0.2, 0) is 9.53 Å². The molecule has 0 N–H and O–H groups in total. The summed E-state index contributed by atoms with van der Waals surface area (Å²) in [7, 11) is 0. The van der Waals surface area contributed by atoms with Crippen LogP contribution in [0.1, 0.15) is 46.5 Å². The highest BCUT2D eigenvalue weighted by molar-refractivity contribution is 5.77. The summed E-state index contributed by atoms with van der Waals surface area (Å²) in [4.78, 5) is 14.6. The van der Waals surface area contributed by atoms with Crippen LogP contribution in [0.5, 0.6) is 0 Å². The average Bonchev–Trinajstić information content (AvgIpc) is 2.41. The Bertz CT molecular complexity index is 362. The molecule has 102 valence electrons. The van der Waals surface area contributed by atoms with E-state index in [9.17, 15) is 4.79 Å². The summed E-state index contributed by atoms with van der Waals surface area (Å²) in [6.45, 7) is 9.62. The van der Waals surface area contributed by atoms with Gasteiger partial charge in [-0.3, -0.25) is 4.79 Å². The molecule has 18 heavy (non-hydrogen) atoms. The topological polar surface area (TPSA) is 29.5 Å². The molecule has 2 bridgehead atoms. The summed E-state index contributed by atoms with van der Waals surface area (Å²) in [5.41, 5.74) is 0.754. The van der Waals surface area contributed by atoms with Gasteiger partial charge in [-0.25, -0.2) is 0 Å². The van der Waals surface area contributed by atoms with Crippen molar-refractivity contribution in [2.75, 3.05) is 19.8 Å². The Kier molecular flexibility index (Phi) is 2.74. The molecule has 3 fully saturated rings. The predicted octanol–water partition coefficient (Wildman–Crippen LogP) is 2.45. The Balaban J connectivity index is 1.69. The van der Waals surface area contributed by atoms with Gasteiger partial charge in [0.15, 0.2) is 0 Å². The Labute approximate surface area is 110 Å². The Morgan fingerprint density at radius 1 is 1.28 bits per heavy atom. The number of fused-ring (bicyclic) bond motifs is 2. The molecule has 0 aromatic heterocycles. The summed E-state index contributed by atoms with van der Waals surface area (Å²) in [6, 6.07) is 0.493. The third-order valence-electron chi connectivity index (χ3n) is 4.91. The second-order valence-corrected chi connectivity index (χ2v) is 7.84. The molecule has 2 heterocycles. The van der Waals surface area contributed by atoms with E-state index in [0.29, 0.717) is 35.1 Å². The second-order valence-electron chi connectivity index (χ2n) is 7.84. The van der Waals surface area contributed by atoms with Gasteiger partial charge in [0.1, 0.15) is 0 Å². The van der Waals surface area contributed by atoms with Crippen LogP contribution in [0.3, 0.4) is 0 Å². The van der Waals surface area contributed by atoms with Crippen LogP contribution in [0.15, 0.2) is 0 Å². The lowest BCUT2D eigenvalue weighted by atomic mass is 9.65. The van der Waals surface area contributed by atoms with Crippen molar-refractivity contribution in [1.29, 1.82) is 0 Å². The number of amides is 1. The lowest BCUT2D eigenvalue weighted by molar-refractivity contribution is -0.137. The van der Waals surface area contributed by atoms with Crippen molar-refractivity contribution in [3.63, 3.8) is 0 Å². The Hall–Kier alpha value is -0.570. The van der Waals surface area contributed by atoms with Crippen molar-refractivity contribution >= 4 is 5.91 Å². The predicted molar refractivity (Wildman–Crippen MR) is 70.2 cm³/mol. The van der Waals surface area contributed by atoms with Crippen LogP contribution in [-0.4, -0.2) is 36.6 Å². The molecule has 3 aliphatic rings. The van der Waals surface area contributed by atoms with Crippen LogP contribution in [0.4, 0.5) is 0 Å². The molecular formula is C15H25NO2. The lowest BCUT2D eigenvalue weighted by Crippen LogP contribution is -2.40. The number of carbonyl (C=O) groups is 1. The fraction of sp³-hybridized carbons (Fsp3) is 0.933. The number of hydrogen-bond donors (Lipinski definition) is 0. The van der Waals surface area contributed by atoms with E-state index in [0.717, 1.165) is 19.8 Å². The van der Waals surface area contributed by atoms with Gasteiger partial charge in [-0.15, -0.1) is 0 Å². The smallest absolute Gasteiger partial charge is 0.223 e. The molecule has 1 aliphatic carbocycles. The molecular weight excluding hydrogens is 226 g/mol. The fourth-order valence-electron chi connectivity index (χ4n) is 4.52. The highest BCUT2D eigenvalue weighted by Crippen LogP contribution is 2.52. The van der Waals surface area contributed by atoms with Gasteiger partial charge >= 0.3 is 0 Å². The fourth-order valence-corrected chi connectivity index (χ4v) is 4.52. The van der Waals surface area contributed by atoms with E-state index in [1.807, 2.05) is 0 Å². The van der Waals surface area contributed by atoms with Crippen LogP contribution in [0.2, 0.25) is 0 Å². The second kappa shape index (κ2) is 3.96. The van der Waals surface area contributed by atoms with E-state index in [1.165, 1.54) is 19.3 Å². The van der Waals surface area contributed by atoms with Crippen molar-refractivity contribution in [1.82, 2.24) is 4.90 Å².